The minimum Gasteiger partial charge on any atom is -0.443 e. The van der Waals surface area contributed by atoms with Crippen molar-refractivity contribution in [1.29, 1.82) is 0 Å². The molecule has 7 heteroatoms. The van der Waals surface area contributed by atoms with Crippen molar-refractivity contribution in [3.8, 4) is 10.8 Å². The predicted molar refractivity (Wildman–Crippen MR) is 98.0 cm³/mol. The summed E-state index contributed by atoms with van der Waals surface area (Å²) in [6.45, 7) is 5.62. The van der Waals surface area contributed by atoms with Crippen molar-refractivity contribution in [3.05, 3.63) is 29.5 Å². The Kier molecular flexibility index (Phi) is 7.73. The normalized spacial score (nSPS) is 11.5. The molecule has 21 heavy (non-hydrogen) atoms. The number of halogens is 1. The number of guanidine groups is 1. The molecule has 3 N–H and O–H groups in total. The first-order chi connectivity index (χ1) is 9.65. The van der Waals surface area contributed by atoms with E-state index in [-0.39, 0.29) is 24.0 Å². The number of hydrogen-bond acceptors (Lipinski definition) is 4. The molecule has 0 saturated carbocycles. The summed E-state index contributed by atoms with van der Waals surface area (Å²) in [6.07, 6.45) is 2.70. The number of rotatable bonds is 6. The van der Waals surface area contributed by atoms with Crippen LogP contribution in [0, 0.1) is 5.92 Å². The first-order valence-corrected chi connectivity index (χ1v) is 7.55. The van der Waals surface area contributed by atoms with Gasteiger partial charge in [0.2, 0.25) is 5.89 Å². The van der Waals surface area contributed by atoms with E-state index in [0.717, 1.165) is 23.5 Å². The summed E-state index contributed by atoms with van der Waals surface area (Å²) in [7, 11) is 0. The Hall–Kier alpha value is -1.09. The number of nitrogens with two attached hydrogens (primary N) is 1. The Morgan fingerprint density at radius 3 is 3.00 bits per heavy atom. The molecule has 0 spiro atoms. The summed E-state index contributed by atoms with van der Waals surface area (Å²) in [5, 5.41) is 5.08. The van der Waals surface area contributed by atoms with Gasteiger partial charge in [0.15, 0.2) is 5.96 Å². The zero-order valence-corrected chi connectivity index (χ0v) is 15.4. The van der Waals surface area contributed by atoms with Crippen LogP contribution < -0.4 is 11.1 Å². The lowest BCUT2D eigenvalue weighted by Gasteiger charge is -2.06. The van der Waals surface area contributed by atoms with Gasteiger partial charge < -0.3 is 15.5 Å². The van der Waals surface area contributed by atoms with Crippen LogP contribution in [0.25, 0.3) is 10.8 Å². The number of hydrogen-bond donors (Lipinski definition) is 2. The maximum Gasteiger partial charge on any atom is 0.236 e. The molecule has 0 saturated heterocycles. The standard InChI is InChI=1S/C14H20N4OS.HI/c1-10(2)5-6-16-14(15)17-8-11-9-19-13(18-11)12-4-3-7-20-12;/h3-4,7,9-10H,5-6,8H2,1-2H3,(H3,15,16,17);1H. The molecule has 0 fully saturated rings. The molecule has 5 nitrogen and oxygen atoms in total. The van der Waals surface area contributed by atoms with E-state index in [1.54, 1.807) is 17.6 Å². The SMILES string of the molecule is CC(C)CCNC(N)=NCc1coc(-c2cccs2)n1.I. The quantitative estimate of drug-likeness (QED) is 0.426. The molecule has 0 atom stereocenters. The third kappa shape index (κ3) is 6.04. The van der Waals surface area contributed by atoms with Gasteiger partial charge in [-0.2, -0.15) is 0 Å². The highest BCUT2D eigenvalue weighted by Gasteiger charge is 2.07. The molecule has 0 unspecified atom stereocenters. The van der Waals surface area contributed by atoms with Crippen LogP contribution in [0.4, 0.5) is 0 Å². The van der Waals surface area contributed by atoms with Gasteiger partial charge in [-0.05, 0) is 23.8 Å². The lowest BCUT2D eigenvalue weighted by atomic mass is 10.1. The Bertz CT molecular complexity index is 551. The van der Waals surface area contributed by atoms with E-state index < -0.39 is 0 Å². The highest BCUT2D eigenvalue weighted by Crippen LogP contribution is 2.23. The topological polar surface area (TPSA) is 76.4 Å². The molecule has 116 valence electrons. The molecule has 0 aliphatic heterocycles. The first kappa shape index (κ1) is 18.0. The largest absolute Gasteiger partial charge is 0.443 e. The maximum absolute atomic E-state index is 5.79. The van der Waals surface area contributed by atoms with Crippen LogP contribution in [0.15, 0.2) is 33.2 Å². The van der Waals surface area contributed by atoms with Crippen LogP contribution >= 0.6 is 35.3 Å². The summed E-state index contributed by atoms with van der Waals surface area (Å²) in [4.78, 5) is 9.65. The third-order valence-corrected chi connectivity index (χ3v) is 3.58. The summed E-state index contributed by atoms with van der Waals surface area (Å²) >= 11 is 1.60. The average molecular weight is 420 g/mol. The van der Waals surface area contributed by atoms with Crippen LogP contribution in [-0.2, 0) is 6.54 Å². The third-order valence-electron chi connectivity index (χ3n) is 2.72. The lowest BCUT2D eigenvalue weighted by molar-refractivity contribution is 0.573. The van der Waals surface area contributed by atoms with Crippen LogP contribution in [0.1, 0.15) is 26.0 Å². The molecule has 0 bridgehead atoms. The number of nitrogens with zero attached hydrogens (tertiary/aromatic N) is 2. The zero-order valence-electron chi connectivity index (χ0n) is 12.2. The van der Waals surface area contributed by atoms with Gasteiger partial charge in [0.1, 0.15) is 12.0 Å². The molecule has 2 heterocycles. The van der Waals surface area contributed by atoms with Crippen molar-refractivity contribution in [1.82, 2.24) is 10.3 Å². The number of thiophene rings is 1. The molecule has 0 aliphatic rings. The van der Waals surface area contributed by atoms with Crippen LogP contribution in [0.5, 0.6) is 0 Å². The minimum absolute atomic E-state index is 0. The van der Waals surface area contributed by atoms with E-state index in [1.807, 2.05) is 17.5 Å². The molecule has 0 aromatic carbocycles. The van der Waals surface area contributed by atoms with Crippen molar-refractivity contribution >= 4 is 41.3 Å². The molecule has 2 aromatic heterocycles. The molecular formula is C14H21IN4OS. The van der Waals surface area contributed by atoms with Gasteiger partial charge in [-0.1, -0.05) is 19.9 Å². The minimum atomic E-state index is 0. The number of nitrogens with one attached hydrogen (secondary N) is 1. The first-order valence-electron chi connectivity index (χ1n) is 6.67. The fourth-order valence-corrected chi connectivity index (χ4v) is 2.26. The lowest BCUT2D eigenvalue weighted by Crippen LogP contribution is -2.32. The summed E-state index contributed by atoms with van der Waals surface area (Å²) in [5.74, 6) is 1.74. The molecule has 0 amide bonds. The van der Waals surface area contributed by atoms with Crippen LogP contribution in [-0.4, -0.2) is 17.5 Å². The Morgan fingerprint density at radius 2 is 2.33 bits per heavy atom. The van der Waals surface area contributed by atoms with Gasteiger partial charge in [0.05, 0.1) is 11.4 Å². The van der Waals surface area contributed by atoms with E-state index >= 15 is 0 Å². The second-order valence-electron chi connectivity index (χ2n) is 4.93. The Balaban J connectivity index is 0.00000220. The maximum atomic E-state index is 5.79. The second kappa shape index (κ2) is 9.04. The highest BCUT2D eigenvalue weighted by atomic mass is 127. The van der Waals surface area contributed by atoms with Crippen molar-refractivity contribution in [2.24, 2.45) is 16.6 Å². The van der Waals surface area contributed by atoms with Gasteiger partial charge in [-0.15, -0.1) is 35.3 Å². The zero-order chi connectivity index (χ0) is 14.4. The van der Waals surface area contributed by atoms with Crippen molar-refractivity contribution in [2.45, 2.75) is 26.8 Å². The summed E-state index contributed by atoms with van der Waals surface area (Å²) in [6, 6.07) is 3.95. The highest BCUT2D eigenvalue weighted by molar-refractivity contribution is 14.0. The molecule has 2 aromatic rings. The monoisotopic (exact) mass is 420 g/mol. The van der Waals surface area contributed by atoms with Gasteiger partial charge >= 0.3 is 0 Å². The average Bonchev–Trinajstić information content (AvgIpc) is 3.06. The Labute approximate surface area is 146 Å². The van der Waals surface area contributed by atoms with E-state index in [0.29, 0.717) is 24.3 Å². The van der Waals surface area contributed by atoms with Gasteiger partial charge in [0.25, 0.3) is 0 Å². The fourth-order valence-electron chi connectivity index (χ4n) is 1.60. The van der Waals surface area contributed by atoms with Gasteiger partial charge in [-0.25, -0.2) is 9.98 Å². The number of aromatic nitrogens is 1. The number of aliphatic imine (C=N–C) groups is 1. The van der Waals surface area contributed by atoms with E-state index in [1.165, 1.54) is 0 Å². The molecule has 0 radical (unpaired) electrons. The smallest absolute Gasteiger partial charge is 0.236 e. The second-order valence-corrected chi connectivity index (χ2v) is 5.88. The number of oxazole rings is 1. The molecular weight excluding hydrogens is 399 g/mol. The summed E-state index contributed by atoms with van der Waals surface area (Å²) < 4.78 is 5.42. The van der Waals surface area contributed by atoms with Gasteiger partial charge in [0, 0.05) is 6.54 Å². The van der Waals surface area contributed by atoms with E-state index in [4.69, 9.17) is 10.2 Å². The molecule has 2 rings (SSSR count). The predicted octanol–water partition coefficient (Wildman–Crippen LogP) is 3.47. The van der Waals surface area contributed by atoms with Crippen LogP contribution in [0.3, 0.4) is 0 Å². The van der Waals surface area contributed by atoms with Gasteiger partial charge in [-0.3, -0.25) is 0 Å². The Morgan fingerprint density at radius 1 is 1.52 bits per heavy atom. The van der Waals surface area contributed by atoms with E-state index in [2.05, 4.69) is 29.1 Å². The van der Waals surface area contributed by atoms with Crippen molar-refractivity contribution in [2.75, 3.05) is 6.54 Å². The van der Waals surface area contributed by atoms with E-state index in [9.17, 15) is 0 Å². The van der Waals surface area contributed by atoms with Crippen molar-refractivity contribution < 1.29 is 4.42 Å². The fraction of sp³-hybridized carbons (Fsp3) is 0.429. The summed E-state index contributed by atoms with van der Waals surface area (Å²) in [5.41, 5.74) is 6.57. The van der Waals surface area contributed by atoms with Crippen LogP contribution in [0.2, 0.25) is 0 Å². The molecule has 0 aliphatic carbocycles. The van der Waals surface area contributed by atoms with Crippen molar-refractivity contribution in [3.63, 3.8) is 0 Å².